The maximum atomic E-state index is 12.6. The fraction of sp³-hybridized carbons (Fsp3) is 0.167. The van der Waals surface area contributed by atoms with Gasteiger partial charge in [0.2, 0.25) is 5.91 Å². The first kappa shape index (κ1) is 21.9. The van der Waals surface area contributed by atoms with Crippen LogP contribution in [-0.2, 0) is 11.3 Å². The number of anilines is 1. The second-order valence-corrected chi connectivity index (χ2v) is 8.27. The Morgan fingerprint density at radius 2 is 1.57 bits per heavy atom. The van der Waals surface area contributed by atoms with E-state index in [0.29, 0.717) is 29.2 Å². The molecule has 154 valence electrons. The van der Waals surface area contributed by atoms with E-state index < -0.39 is 0 Å². The fourth-order valence-electron chi connectivity index (χ4n) is 2.83. The van der Waals surface area contributed by atoms with E-state index in [-0.39, 0.29) is 11.8 Å². The van der Waals surface area contributed by atoms with Gasteiger partial charge in [-0.15, -0.1) is 11.8 Å². The lowest BCUT2D eigenvalue weighted by Crippen LogP contribution is -2.24. The Morgan fingerprint density at radius 3 is 2.33 bits per heavy atom. The third-order valence-electron chi connectivity index (χ3n) is 4.37. The summed E-state index contributed by atoms with van der Waals surface area (Å²) in [5.41, 5.74) is 2.00. The van der Waals surface area contributed by atoms with Crippen LogP contribution in [0.25, 0.3) is 0 Å². The Balaban J connectivity index is 1.47. The summed E-state index contributed by atoms with van der Waals surface area (Å²) in [6.07, 6.45) is 1.13. The maximum Gasteiger partial charge on any atom is 0.253 e. The molecule has 0 fully saturated rings. The Bertz CT molecular complexity index is 978. The number of amides is 2. The SMILES string of the molecule is O=C(CCCSc1ccc(Cl)cc1)Nc1ccccc1C(=O)NCc1ccccc1. The van der Waals surface area contributed by atoms with Crippen LogP contribution in [0.15, 0.2) is 83.8 Å². The molecule has 0 aromatic heterocycles. The van der Waals surface area contributed by atoms with Gasteiger partial charge in [0.15, 0.2) is 0 Å². The van der Waals surface area contributed by atoms with Gasteiger partial charge >= 0.3 is 0 Å². The molecule has 0 aliphatic heterocycles. The smallest absolute Gasteiger partial charge is 0.253 e. The highest BCUT2D eigenvalue weighted by Crippen LogP contribution is 2.22. The Kier molecular flexibility index (Phi) is 8.36. The molecule has 0 spiro atoms. The number of carbonyl (C=O) groups is 2. The van der Waals surface area contributed by atoms with Crippen molar-refractivity contribution in [3.63, 3.8) is 0 Å². The summed E-state index contributed by atoms with van der Waals surface area (Å²) in [4.78, 5) is 26.1. The van der Waals surface area contributed by atoms with Gasteiger partial charge in [-0.05, 0) is 54.1 Å². The Labute approximate surface area is 186 Å². The van der Waals surface area contributed by atoms with Crippen molar-refractivity contribution in [2.24, 2.45) is 0 Å². The van der Waals surface area contributed by atoms with E-state index in [4.69, 9.17) is 11.6 Å². The molecule has 3 rings (SSSR count). The van der Waals surface area contributed by atoms with Crippen molar-refractivity contribution in [3.8, 4) is 0 Å². The minimum Gasteiger partial charge on any atom is -0.348 e. The van der Waals surface area contributed by atoms with E-state index in [1.54, 1.807) is 36.0 Å². The molecule has 0 radical (unpaired) electrons. The Hall–Kier alpha value is -2.76. The number of carbonyl (C=O) groups excluding carboxylic acids is 2. The van der Waals surface area contributed by atoms with Gasteiger partial charge < -0.3 is 10.6 Å². The van der Waals surface area contributed by atoms with E-state index in [2.05, 4.69) is 10.6 Å². The van der Waals surface area contributed by atoms with Crippen molar-refractivity contribution >= 4 is 40.9 Å². The molecule has 0 atom stereocenters. The molecule has 3 aromatic rings. The number of hydrogen-bond acceptors (Lipinski definition) is 3. The molecule has 4 nitrogen and oxygen atoms in total. The van der Waals surface area contributed by atoms with Gasteiger partial charge in [-0.2, -0.15) is 0 Å². The van der Waals surface area contributed by atoms with Crippen LogP contribution in [0.3, 0.4) is 0 Å². The van der Waals surface area contributed by atoms with Crippen molar-refractivity contribution in [2.45, 2.75) is 24.3 Å². The van der Waals surface area contributed by atoms with Crippen LogP contribution < -0.4 is 10.6 Å². The first-order valence-electron chi connectivity index (χ1n) is 9.71. The summed E-state index contributed by atoms with van der Waals surface area (Å²) >= 11 is 7.57. The second-order valence-electron chi connectivity index (χ2n) is 6.67. The molecular weight excluding hydrogens is 416 g/mol. The molecular formula is C24H23ClN2O2S. The maximum absolute atomic E-state index is 12.6. The highest BCUT2D eigenvalue weighted by Gasteiger charge is 2.13. The second kappa shape index (κ2) is 11.4. The average Bonchev–Trinajstić information content (AvgIpc) is 2.77. The summed E-state index contributed by atoms with van der Waals surface area (Å²) in [6.45, 7) is 0.434. The summed E-state index contributed by atoms with van der Waals surface area (Å²) in [5.74, 6) is 0.511. The standard InChI is InChI=1S/C24H23ClN2O2S/c25-19-12-14-20(15-13-19)30-16-6-11-23(28)27-22-10-5-4-9-21(22)24(29)26-17-18-7-2-1-3-8-18/h1-5,7-10,12-15H,6,11,16-17H2,(H,26,29)(H,27,28). The van der Waals surface area contributed by atoms with E-state index in [1.165, 1.54) is 0 Å². The summed E-state index contributed by atoms with van der Waals surface area (Å²) in [7, 11) is 0. The number of benzene rings is 3. The average molecular weight is 439 g/mol. The summed E-state index contributed by atoms with van der Waals surface area (Å²) < 4.78 is 0. The molecule has 0 bridgehead atoms. The number of halogens is 1. The van der Waals surface area contributed by atoms with Crippen molar-refractivity contribution in [1.29, 1.82) is 0 Å². The lowest BCUT2D eigenvalue weighted by Gasteiger charge is -2.11. The van der Waals surface area contributed by atoms with Crippen LogP contribution in [0.4, 0.5) is 5.69 Å². The minimum absolute atomic E-state index is 0.102. The number of para-hydroxylation sites is 1. The van der Waals surface area contributed by atoms with Gasteiger partial charge in [0.05, 0.1) is 11.3 Å². The van der Waals surface area contributed by atoms with Crippen LogP contribution in [0.5, 0.6) is 0 Å². The molecule has 0 aliphatic carbocycles. The van der Waals surface area contributed by atoms with Crippen molar-refractivity contribution < 1.29 is 9.59 Å². The van der Waals surface area contributed by atoms with Gasteiger partial charge in [-0.1, -0.05) is 54.1 Å². The molecule has 3 aromatic carbocycles. The largest absolute Gasteiger partial charge is 0.348 e. The van der Waals surface area contributed by atoms with Gasteiger partial charge in [-0.25, -0.2) is 0 Å². The number of nitrogens with one attached hydrogen (secondary N) is 2. The number of hydrogen-bond donors (Lipinski definition) is 2. The van der Waals surface area contributed by atoms with E-state index in [0.717, 1.165) is 22.6 Å². The highest BCUT2D eigenvalue weighted by molar-refractivity contribution is 7.99. The van der Waals surface area contributed by atoms with Crippen molar-refractivity contribution in [3.05, 3.63) is 95.0 Å². The van der Waals surface area contributed by atoms with E-state index in [1.807, 2.05) is 54.6 Å². The topological polar surface area (TPSA) is 58.2 Å². The Morgan fingerprint density at radius 1 is 0.867 bits per heavy atom. The third kappa shape index (κ3) is 6.94. The van der Waals surface area contributed by atoms with Gasteiger partial charge in [0.1, 0.15) is 0 Å². The molecule has 0 unspecified atom stereocenters. The summed E-state index contributed by atoms with van der Waals surface area (Å²) in [6, 6.07) is 24.4. The predicted molar refractivity (Wildman–Crippen MR) is 124 cm³/mol. The number of thioether (sulfide) groups is 1. The monoisotopic (exact) mass is 438 g/mol. The van der Waals surface area contributed by atoms with Crippen LogP contribution in [0, 0.1) is 0 Å². The fourth-order valence-corrected chi connectivity index (χ4v) is 3.81. The van der Waals surface area contributed by atoms with Crippen molar-refractivity contribution in [2.75, 3.05) is 11.1 Å². The third-order valence-corrected chi connectivity index (χ3v) is 5.72. The molecule has 2 N–H and O–H groups in total. The quantitative estimate of drug-likeness (QED) is 0.329. The molecule has 0 heterocycles. The molecule has 0 saturated carbocycles. The highest BCUT2D eigenvalue weighted by atomic mass is 35.5. The van der Waals surface area contributed by atoms with Crippen LogP contribution in [-0.4, -0.2) is 17.6 Å². The predicted octanol–water partition coefficient (Wildman–Crippen LogP) is 5.78. The number of rotatable bonds is 9. The zero-order valence-corrected chi connectivity index (χ0v) is 18.0. The van der Waals surface area contributed by atoms with E-state index in [9.17, 15) is 9.59 Å². The van der Waals surface area contributed by atoms with Crippen molar-refractivity contribution in [1.82, 2.24) is 5.32 Å². The van der Waals surface area contributed by atoms with Crippen LogP contribution >= 0.6 is 23.4 Å². The first-order chi connectivity index (χ1) is 14.6. The molecule has 2 amide bonds. The van der Waals surface area contributed by atoms with Gasteiger partial charge in [-0.3, -0.25) is 9.59 Å². The lowest BCUT2D eigenvalue weighted by atomic mass is 10.1. The molecule has 30 heavy (non-hydrogen) atoms. The minimum atomic E-state index is -0.215. The van der Waals surface area contributed by atoms with Gasteiger partial charge in [0, 0.05) is 22.9 Å². The van der Waals surface area contributed by atoms with Gasteiger partial charge in [0.25, 0.3) is 5.91 Å². The lowest BCUT2D eigenvalue weighted by molar-refractivity contribution is -0.116. The zero-order valence-electron chi connectivity index (χ0n) is 16.4. The normalized spacial score (nSPS) is 10.4. The van der Waals surface area contributed by atoms with Crippen LogP contribution in [0.2, 0.25) is 5.02 Å². The molecule has 0 saturated heterocycles. The first-order valence-corrected chi connectivity index (χ1v) is 11.1. The molecule has 0 aliphatic rings. The van der Waals surface area contributed by atoms with E-state index >= 15 is 0 Å². The summed E-state index contributed by atoms with van der Waals surface area (Å²) in [5, 5.41) is 6.48. The zero-order chi connectivity index (χ0) is 21.2. The molecule has 6 heteroatoms. The van der Waals surface area contributed by atoms with Crippen LogP contribution in [0.1, 0.15) is 28.8 Å².